The van der Waals surface area contributed by atoms with Gasteiger partial charge in [-0.2, -0.15) is 23.3 Å². The monoisotopic (exact) mass is 421 g/mol. The van der Waals surface area contributed by atoms with Crippen LogP contribution in [0.1, 0.15) is 59.7 Å². The molecule has 160 valence electrons. The van der Waals surface area contributed by atoms with Crippen molar-refractivity contribution in [2.24, 2.45) is 0 Å². The highest BCUT2D eigenvalue weighted by Crippen LogP contribution is 2.31. The number of aromatic nitrogens is 6. The number of amides is 1. The standard InChI is InChI=1S/C19H22F3N7O/c1-3-8-28-12(2)14(11-24-28)16(30)27-9-5-13(6-10-27)15-4-7-23-18-25-17(19(20,21)22)26-29(15)18/h4,7,11,13H,3,5-6,8-10H2,1-2H3. The Balaban J connectivity index is 1.50. The number of fused-ring (bicyclic) bond motifs is 1. The summed E-state index contributed by atoms with van der Waals surface area (Å²) in [5.41, 5.74) is 2.07. The number of piperidine rings is 1. The Morgan fingerprint density at radius 2 is 2.00 bits per heavy atom. The Morgan fingerprint density at radius 1 is 1.27 bits per heavy atom. The largest absolute Gasteiger partial charge is 0.453 e. The minimum absolute atomic E-state index is 0.0359. The number of likely N-dealkylation sites (tertiary alicyclic amines) is 1. The molecule has 0 radical (unpaired) electrons. The van der Waals surface area contributed by atoms with Gasteiger partial charge in [0.15, 0.2) is 0 Å². The number of hydrogen-bond acceptors (Lipinski definition) is 5. The molecule has 0 saturated carbocycles. The molecule has 1 fully saturated rings. The Labute approximate surface area is 170 Å². The number of alkyl halides is 3. The molecule has 11 heteroatoms. The number of carbonyl (C=O) groups is 1. The van der Waals surface area contributed by atoms with Gasteiger partial charge in [-0.25, -0.2) is 9.50 Å². The SMILES string of the molecule is CCCn1ncc(C(=O)N2CCC(c3ccnc4nc(C(F)(F)F)nn34)CC2)c1C. The van der Waals surface area contributed by atoms with Crippen LogP contribution in [0.15, 0.2) is 18.5 Å². The summed E-state index contributed by atoms with van der Waals surface area (Å²) in [6.45, 7) is 5.71. The van der Waals surface area contributed by atoms with E-state index in [1.54, 1.807) is 17.2 Å². The molecule has 4 heterocycles. The van der Waals surface area contributed by atoms with Gasteiger partial charge in [0.1, 0.15) is 0 Å². The summed E-state index contributed by atoms with van der Waals surface area (Å²) in [7, 11) is 0. The molecule has 1 amide bonds. The summed E-state index contributed by atoms with van der Waals surface area (Å²) in [5, 5.41) is 7.91. The highest BCUT2D eigenvalue weighted by Gasteiger charge is 2.37. The molecule has 8 nitrogen and oxygen atoms in total. The average Bonchev–Trinajstić information content (AvgIpc) is 3.32. The first-order valence-electron chi connectivity index (χ1n) is 9.90. The summed E-state index contributed by atoms with van der Waals surface area (Å²) < 4.78 is 41.9. The maximum Gasteiger partial charge on any atom is 0.453 e. The van der Waals surface area contributed by atoms with Crippen LogP contribution in [0.3, 0.4) is 0 Å². The van der Waals surface area contributed by atoms with Crippen LogP contribution < -0.4 is 0 Å². The highest BCUT2D eigenvalue weighted by molar-refractivity contribution is 5.95. The van der Waals surface area contributed by atoms with Crippen LogP contribution in [-0.2, 0) is 12.7 Å². The van der Waals surface area contributed by atoms with Gasteiger partial charge in [-0.05, 0) is 32.3 Å². The van der Waals surface area contributed by atoms with Crippen LogP contribution in [0.5, 0.6) is 0 Å². The number of nitrogens with zero attached hydrogens (tertiary/aromatic N) is 7. The summed E-state index contributed by atoms with van der Waals surface area (Å²) in [6.07, 6.45) is 0.603. The van der Waals surface area contributed by atoms with Gasteiger partial charge in [0.05, 0.1) is 17.5 Å². The van der Waals surface area contributed by atoms with E-state index in [0.29, 0.717) is 37.2 Å². The molecule has 0 bridgehead atoms. The third-order valence-corrected chi connectivity index (χ3v) is 5.49. The molecule has 4 rings (SSSR count). The van der Waals surface area contributed by atoms with Gasteiger partial charge in [-0.3, -0.25) is 9.48 Å². The molecule has 30 heavy (non-hydrogen) atoms. The van der Waals surface area contributed by atoms with Gasteiger partial charge in [0, 0.05) is 37.4 Å². The Bertz CT molecular complexity index is 1060. The topological polar surface area (TPSA) is 81.2 Å². The number of aryl methyl sites for hydroxylation is 1. The van der Waals surface area contributed by atoms with Gasteiger partial charge in [0.2, 0.25) is 0 Å². The maximum absolute atomic E-state index is 13.0. The molecule has 0 aromatic carbocycles. The van der Waals surface area contributed by atoms with Crippen LogP contribution in [-0.4, -0.2) is 53.3 Å². The van der Waals surface area contributed by atoms with Crippen LogP contribution in [0.25, 0.3) is 5.78 Å². The summed E-state index contributed by atoms with van der Waals surface area (Å²) in [5.74, 6) is -1.37. The lowest BCUT2D eigenvalue weighted by Crippen LogP contribution is -2.38. The zero-order valence-corrected chi connectivity index (χ0v) is 16.7. The van der Waals surface area contributed by atoms with Crippen molar-refractivity contribution in [2.45, 2.75) is 51.7 Å². The Hall–Kier alpha value is -2.98. The van der Waals surface area contributed by atoms with Crippen molar-refractivity contribution in [2.75, 3.05) is 13.1 Å². The van der Waals surface area contributed by atoms with Crippen LogP contribution in [0.2, 0.25) is 0 Å². The zero-order valence-electron chi connectivity index (χ0n) is 16.7. The van der Waals surface area contributed by atoms with E-state index in [-0.39, 0.29) is 17.6 Å². The molecular formula is C19H22F3N7O. The van der Waals surface area contributed by atoms with Crippen molar-refractivity contribution in [3.05, 3.63) is 41.2 Å². The van der Waals surface area contributed by atoms with Crippen molar-refractivity contribution < 1.29 is 18.0 Å². The second-order valence-corrected chi connectivity index (χ2v) is 7.45. The second-order valence-electron chi connectivity index (χ2n) is 7.45. The summed E-state index contributed by atoms with van der Waals surface area (Å²) >= 11 is 0. The number of rotatable bonds is 4. The van der Waals surface area contributed by atoms with Crippen LogP contribution in [0.4, 0.5) is 13.2 Å². The fourth-order valence-corrected chi connectivity index (χ4v) is 3.88. The molecule has 1 saturated heterocycles. The lowest BCUT2D eigenvalue weighted by Gasteiger charge is -2.32. The van der Waals surface area contributed by atoms with E-state index in [1.807, 2.05) is 11.6 Å². The Morgan fingerprint density at radius 3 is 2.67 bits per heavy atom. The molecule has 0 unspecified atom stereocenters. The quantitative estimate of drug-likeness (QED) is 0.647. The number of carbonyl (C=O) groups excluding carboxylic acids is 1. The second kappa shape index (κ2) is 7.69. The molecule has 0 aliphatic carbocycles. The van der Waals surface area contributed by atoms with E-state index >= 15 is 0 Å². The highest BCUT2D eigenvalue weighted by atomic mass is 19.4. The van der Waals surface area contributed by atoms with E-state index in [9.17, 15) is 18.0 Å². The van der Waals surface area contributed by atoms with E-state index in [0.717, 1.165) is 18.7 Å². The van der Waals surface area contributed by atoms with Crippen LogP contribution in [0, 0.1) is 6.92 Å². The van der Waals surface area contributed by atoms with Crippen molar-refractivity contribution in [3.8, 4) is 0 Å². The van der Waals surface area contributed by atoms with E-state index in [2.05, 4.69) is 27.1 Å². The normalized spacial score (nSPS) is 15.8. The van der Waals surface area contributed by atoms with Gasteiger partial charge in [-0.1, -0.05) is 6.92 Å². The minimum Gasteiger partial charge on any atom is -0.338 e. The predicted molar refractivity (Wildman–Crippen MR) is 101 cm³/mol. The maximum atomic E-state index is 13.0. The molecular weight excluding hydrogens is 399 g/mol. The Kier molecular flexibility index (Phi) is 5.20. The third-order valence-electron chi connectivity index (χ3n) is 5.49. The smallest absolute Gasteiger partial charge is 0.338 e. The first-order valence-corrected chi connectivity index (χ1v) is 9.90. The minimum atomic E-state index is -4.62. The molecule has 1 aliphatic heterocycles. The lowest BCUT2D eigenvalue weighted by atomic mass is 9.93. The lowest BCUT2D eigenvalue weighted by molar-refractivity contribution is -0.144. The number of halogens is 3. The first-order chi connectivity index (χ1) is 14.3. The first kappa shape index (κ1) is 20.3. The number of hydrogen-bond donors (Lipinski definition) is 0. The molecule has 1 aliphatic rings. The van der Waals surface area contributed by atoms with E-state index in [4.69, 9.17) is 0 Å². The fraction of sp³-hybridized carbons (Fsp3) is 0.526. The van der Waals surface area contributed by atoms with Crippen molar-refractivity contribution in [1.29, 1.82) is 0 Å². The summed E-state index contributed by atoms with van der Waals surface area (Å²) in [6, 6.07) is 1.67. The van der Waals surface area contributed by atoms with Gasteiger partial charge >= 0.3 is 6.18 Å². The van der Waals surface area contributed by atoms with Gasteiger partial charge in [0.25, 0.3) is 17.5 Å². The van der Waals surface area contributed by atoms with Crippen LogP contribution >= 0.6 is 0 Å². The molecule has 0 N–H and O–H groups in total. The van der Waals surface area contributed by atoms with Crippen molar-refractivity contribution >= 4 is 11.7 Å². The van der Waals surface area contributed by atoms with Gasteiger partial charge in [-0.15, -0.1) is 5.10 Å². The molecule has 0 atom stereocenters. The van der Waals surface area contributed by atoms with Crippen molar-refractivity contribution in [3.63, 3.8) is 0 Å². The van der Waals surface area contributed by atoms with Crippen molar-refractivity contribution in [1.82, 2.24) is 34.3 Å². The predicted octanol–water partition coefficient (Wildman–Crippen LogP) is 3.08. The van der Waals surface area contributed by atoms with Gasteiger partial charge < -0.3 is 4.90 Å². The average molecular weight is 421 g/mol. The molecule has 3 aromatic heterocycles. The van der Waals surface area contributed by atoms with E-state index in [1.165, 1.54) is 10.7 Å². The molecule has 3 aromatic rings. The zero-order chi connectivity index (χ0) is 21.5. The summed E-state index contributed by atoms with van der Waals surface area (Å²) in [4.78, 5) is 22.1. The fourth-order valence-electron chi connectivity index (χ4n) is 3.88. The van der Waals surface area contributed by atoms with E-state index < -0.39 is 12.0 Å². The third kappa shape index (κ3) is 3.63. The molecule has 0 spiro atoms.